The van der Waals surface area contributed by atoms with Gasteiger partial charge in [0.1, 0.15) is 23.2 Å². The standard InChI is InChI=1S/C18H20FN5O2/c1-12-20-16(18(26)24-8-6-23(7-9-24)13(2)25)11-17(21-12)22-15-5-3-4-14(19)10-15/h3-5,10-11H,6-9H2,1-2H3,(H,20,21,22). The molecule has 2 aromatic rings. The highest BCUT2D eigenvalue weighted by atomic mass is 19.1. The average molecular weight is 357 g/mol. The minimum atomic E-state index is -0.361. The molecule has 0 saturated carbocycles. The zero-order valence-corrected chi connectivity index (χ0v) is 14.7. The maximum atomic E-state index is 13.3. The maximum Gasteiger partial charge on any atom is 0.272 e. The molecule has 3 rings (SSSR count). The van der Waals surface area contributed by atoms with E-state index in [0.717, 1.165) is 0 Å². The van der Waals surface area contributed by atoms with Crippen molar-refractivity contribution < 1.29 is 14.0 Å². The van der Waals surface area contributed by atoms with Crippen LogP contribution in [0.15, 0.2) is 30.3 Å². The molecule has 1 aliphatic heterocycles. The van der Waals surface area contributed by atoms with Crippen LogP contribution in [-0.2, 0) is 4.79 Å². The number of nitrogens with one attached hydrogen (secondary N) is 1. The van der Waals surface area contributed by atoms with E-state index in [1.807, 2.05) is 0 Å². The van der Waals surface area contributed by atoms with Crippen molar-refractivity contribution >= 4 is 23.3 Å². The van der Waals surface area contributed by atoms with Gasteiger partial charge >= 0.3 is 0 Å². The fourth-order valence-corrected chi connectivity index (χ4v) is 2.84. The zero-order chi connectivity index (χ0) is 18.7. The molecule has 0 aliphatic carbocycles. The fraction of sp³-hybridized carbons (Fsp3) is 0.333. The van der Waals surface area contributed by atoms with Crippen molar-refractivity contribution in [3.05, 3.63) is 47.7 Å². The summed E-state index contributed by atoms with van der Waals surface area (Å²) in [5.74, 6) is 0.309. The Hall–Kier alpha value is -3.03. The molecule has 1 aromatic carbocycles. The van der Waals surface area contributed by atoms with Crippen molar-refractivity contribution in [2.45, 2.75) is 13.8 Å². The summed E-state index contributed by atoms with van der Waals surface area (Å²) in [6, 6.07) is 7.55. The Balaban J connectivity index is 1.75. The monoisotopic (exact) mass is 357 g/mol. The lowest BCUT2D eigenvalue weighted by Crippen LogP contribution is -2.50. The van der Waals surface area contributed by atoms with Gasteiger partial charge in [-0.1, -0.05) is 6.07 Å². The molecular formula is C18H20FN5O2. The lowest BCUT2D eigenvalue weighted by molar-refractivity contribution is -0.130. The van der Waals surface area contributed by atoms with Crippen LogP contribution in [0.5, 0.6) is 0 Å². The van der Waals surface area contributed by atoms with E-state index in [-0.39, 0.29) is 23.3 Å². The molecule has 0 unspecified atom stereocenters. The molecule has 136 valence electrons. The van der Waals surface area contributed by atoms with Gasteiger partial charge in [-0.2, -0.15) is 0 Å². The quantitative estimate of drug-likeness (QED) is 0.909. The first-order valence-electron chi connectivity index (χ1n) is 8.35. The largest absolute Gasteiger partial charge is 0.340 e. The van der Waals surface area contributed by atoms with Crippen LogP contribution in [0.25, 0.3) is 0 Å². The normalized spacial score (nSPS) is 14.3. The highest BCUT2D eigenvalue weighted by Crippen LogP contribution is 2.17. The number of nitrogens with zero attached hydrogens (tertiary/aromatic N) is 4. The number of aryl methyl sites for hydroxylation is 1. The van der Waals surface area contributed by atoms with Gasteiger partial charge in [-0.15, -0.1) is 0 Å². The minimum Gasteiger partial charge on any atom is -0.340 e. The Bertz CT molecular complexity index is 834. The molecule has 0 atom stereocenters. The first kappa shape index (κ1) is 17.8. The number of halogens is 1. The molecule has 0 bridgehead atoms. The van der Waals surface area contributed by atoms with Gasteiger partial charge in [0.05, 0.1) is 0 Å². The summed E-state index contributed by atoms with van der Waals surface area (Å²) < 4.78 is 13.3. The third-order valence-corrected chi connectivity index (χ3v) is 4.17. The number of hydrogen-bond acceptors (Lipinski definition) is 5. The van der Waals surface area contributed by atoms with Crippen molar-refractivity contribution in [2.24, 2.45) is 0 Å². The van der Waals surface area contributed by atoms with Crippen molar-refractivity contribution in [1.29, 1.82) is 0 Å². The number of rotatable bonds is 3. The summed E-state index contributed by atoms with van der Waals surface area (Å²) in [7, 11) is 0. The predicted octanol–water partition coefficient (Wildman–Crippen LogP) is 1.97. The van der Waals surface area contributed by atoms with Crippen LogP contribution in [-0.4, -0.2) is 57.8 Å². The minimum absolute atomic E-state index is 0.0107. The smallest absolute Gasteiger partial charge is 0.272 e. The molecule has 0 radical (unpaired) electrons. The van der Waals surface area contributed by atoms with Gasteiger partial charge in [-0.25, -0.2) is 14.4 Å². The van der Waals surface area contributed by atoms with Crippen molar-refractivity contribution in [2.75, 3.05) is 31.5 Å². The molecular weight excluding hydrogens is 337 g/mol. The fourth-order valence-electron chi connectivity index (χ4n) is 2.84. The second-order valence-corrected chi connectivity index (χ2v) is 6.12. The third-order valence-electron chi connectivity index (χ3n) is 4.17. The van der Waals surface area contributed by atoms with E-state index in [4.69, 9.17) is 0 Å². The summed E-state index contributed by atoms with van der Waals surface area (Å²) in [4.78, 5) is 36.0. The molecule has 1 fully saturated rings. The summed E-state index contributed by atoms with van der Waals surface area (Å²) in [5.41, 5.74) is 0.809. The Morgan fingerprint density at radius 2 is 1.77 bits per heavy atom. The van der Waals surface area contributed by atoms with E-state index in [9.17, 15) is 14.0 Å². The summed E-state index contributed by atoms with van der Waals surface area (Å²) in [5, 5.41) is 2.99. The molecule has 0 spiro atoms. The summed E-state index contributed by atoms with van der Waals surface area (Å²) in [6.07, 6.45) is 0. The average Bonchev–Trinajstić information content (AvgIpc) is 2.60. The van der Waals surface area contributed by atoms with E-state index in [1.165, 1.54) is 19.1 Å². The zero-order valence-electron chi connectivity index (χ0n) is 14.7. The van der Waals surface area contributed by atoms with Gasteiger partial charge in [0.25, 0.3) is 5.91 Å². The first-order chi connectivity index (χ1) is 12.4. The van der Waals surface area contributed by atoms with Gasteiger partial charge in [0.15, 0.2) is 0 Å². The number of benzene rings is 1. The molecule has 1 saturated heterocycles. The van der Waals surface area contributed by atoms with Crippen molar-refractivity contribution in [3.8, 4) is 0 Å². The van der Waals surface area contributed by atoms with Crippen LogP contribution >= 0.6 is 0 Å². The Kier molecular flexibility index (Phi) is 5.11. The van der Waals surface area contributed by atoms with Gasteiger partial charge in [0.2, 0.25) is 5.91 Å². The maximum absolute atomic E-state index is 13.3. The Labute approximate surface area is 150 Å². The van der Waals surface area contributed by atoms with E-state index < -0.39 is 0 Å². The lowest BCUT2D eigenvalue weighted by atomic mass is 10.2. The first-order valence-corrected chi connectivity index (χ1v) is 8.35. The molecule has 2 amide bonds. The molecule has 8 heteroatoms. The number of anilines is 2. The van der Waals surface area contributed by atoms with Gasteiger partial charge in [0, 0.05) is 44.9 Å². The van der Waals surface area contributed by atoms with Gasteiger partial charge in [-0.3, -0.25) is 9.59 Å². The molecule has 1 N–H and O–H groups in total. The second kappa shape index (κ2) is 7.47. The number of hydrogen-bond donors (Lipinski definition) is 1. The number of carbonyl (C=O) groups excluding carboxylic acids is 2. The number of carbonyl (C=O) groups is 2. The Morgan fingerprint density at radius 1 is 1.08 bits per heavy atom. The SMILES string of the molecule is CC(=O)N1CCN(C(=O)c2cc(Nc3cccc(F)c3)nc(C)n2)CC1. The highest BCUT2D eigenvalue weighted by Gasteiger charge is 2.24. The molecule has 7 nitrogen and oxygen atoms in total. The third kappa shape index (κ3) is 4.14. The number of piperazine rings is 1. The second-order valence-electron chi connectivity index (χ2n) is 6.12. The molecule has 26 heavy (non-hydrogen) atoms. The lowest BCUT2D eigenvalue weighted by Gasteiger charge is -2.34. The summed E-state index contributed by atoms with van der Waals surface area (Å²) >= 11 is 0. The van der Waals surface area contributed by atoms with E-state index >= 15 is 0 Å². The van der Waals surface area contributed by atoms with Crippen LogP contribution in [0.1, 0.15) is 23.2 Å². The topological polar surface area (TPSA) is 78.4 Å². The van der Waals surface area contributed by atoms with Crippen LogP contribution in [0.3, 0.4) is 0 Å². The molecule has 1 aliphatic rings. The van der Waals surface area contributed by atoms with Crippen molar-refractivity contribution in [3.63, 3.8) is 0 Å². The Morgan fingerprint density at radius 3 is 2.42 bits per heavy atom. The molecule has 2 heterocycles. The van der Waals surface area contributed by atoms with E-state index in [0.29, 0.717) is 43.5 Å². The van der Waals surface area contributed by atoms with Gasteiger partial charge < -0.3 is 15.1 Å². The van der Waals surface area contributed by atoms with Crippen LogP contribution < -0.4 is 5.32 Å². The van der Waals surface area contributed by atoms with Crippen LogP contribution in [0.2, 0.25) is 0 Å². The van der Waals surface area contributed by atoms with Crippen molar-refractivity contribution in [1.82, 2.24) is 19.8 Å². The summed E-state index contributed by atoms with van der Waals surface area (Å²) in [6.45, 7) is 5.18. The van der Waals surface area contributed by atoms with E-state index in [2.05, 4.69) is 15.3 Å². The number of amides is 2. The van der Waals surface area contributed by atoms with Crippen LogP contribution in [0, 0.1) is 12.7 Å². The van der Waals surface area contributed by atoms with E-state index in [1.54, 1.807) is 34.9 Å². The van der Waals surface area contributed by atoms with Crippen LogP contribution in [0.4, 0.5) is 15.9 Å². The number of aromatic nitrogens is 2. The van der Waals surface area contributed by atoms with Gasteiger partial charge in [-0.05, 0) is 25.1 Å². The molecule has 1 aromatic heterocycles. The highest BCUT2D eigenvalue weighted by molar-refractivity contribution is 5.93. The predicted molar refractivity (Wildman–Crippen MR) is 94.6 cm³/mol.